The zero-order valence-electron chi connectivity index (χ0n) is 12.7. The van der Waals surface area contributed by atoms with E-state index in [2.05, 4.69) is 15.4 Å². The lowest BCUT2D eigenvalue weighted by atomic mass is 9.92. The third-order valence-electron chi connectivity index (χ3n) is 3.62. The molecule has 8 heteroatoms. The quantitative estimate of drug-likeness (QED) is 0.689. The van der Waals surface area contributed by atoms with Crippen LogP contribution in [0.1, 0.15) is 11.3 Å². The highest BCUT2D eigenvalue weighted by Crippen LogP contribution is 2.26. The summed E-state index contributed by atoms with van der Waals surface area (Å²) in [4.78, 5) is 3.81. The number of benzene rings is 1. The van der Waals surface area contributed by atoms with Crippen molar-refractivity contribution in [3.63, 3.8) is 0 Å². The van der Waals surface area contributed by atoms with E-state index >= 15 is 0 Å². The molecule has 2 aromatic heterocycles. The molecule has 3 rings (SSSR count). The first-order chi connectivity index (χ1) is 11.6. The zero-order valence-corrected chi connectivity index (χ0v) is 12.7. The molecule has 0 bridgehead atoms. The highest BCUT2D eigenvalue weighted by Gasteiger charge is 2.33. The van der Waals surface area contributed by atoms with Gasteiger partial charge in [-0.2, -0.15) is 5.10 Å². The van der Waals surface area contributed by atoms with Crippen molar-refractivity contribution in [3.05, 3.63) is 72.2 Å². The van der Waals surface area contributed by atoms with Crippen LogP contribution in [0.4, 0.5) is 8.78 Å². The first-order valence-corrected chi connectivity index (χ1v) is 7.30. The van der Waals surface area contributed by atoms with E-state index in [1.807, 2.05) is 0 Å². The molecule has 2 N–H and O–H groups in total. The second-order valence-electron chi connectivity index (χ2n) is 5.43. The van der Waals surface area contributed by atoms with E-state index in [1.54, 1.807) is 12.1 Å². The lowest BCUT2D eigenvalue weighted by molar-refractivity contribution is 0.0114. The van der Waals surface area contributed by atoms with Gasteiger partial charge in [-0.25, -0.2) is 18.4 Å². The molecule has 0 saturated carbocycles. The smallest absolute Gasteiger partial charge is 0.137 e. The van der Waals surface area contributed by atoms with Gasteiger partial charge in [-0.1, -0.05) is 6.07 Å². The Kier molecular flexibility index (Phi) is 4.68. The Morgan fingerprint density at radius 1 is 1.29 bits per heavy atom. The van der Waals surface area contributed by atoms with Crippen LogP contribution in [-0.2, 0) is 18.7 Å². The molecule has 1 unspecified atom stereocenters. The lowest BCUT2D eigenvalue weighted by Gasteiger charge is -2.29. The molecule has 0 aliphatic heterocycles. The van der Waals surface area contributed by atoms with Crippen molar-refractivity contribution in [1.82, 2.24) is 20.1 Å². The van der Waals surface area contributed by atoms with Crippen LogP contribution >= 0.6 is 0 Å². The molecular weight excluding hydrogens is 318 g/mol. The van der Waals surface area contributed by atoms with Crippen LogP contribution in [0.2, 0.25) is 0 Å². The molecule has 0 spiro atoms. The van der Waals surface area contributed by atoms with Crippen LogP contribution in [0.15, 0.2) is 53.7 Å². The summed E-state index contributed by atoms with van der Waals surface area (Å²) >= 11 is 0. The zero-order chi connectivity index (χ0) is 17.0. The molecule has 0 saturated heterocycles. The van der Waals surface area contributed by atoms with Crippen molar-refractivity contribution in [2.75, 3.05) is 6.54 Å². The Labute approximate surface area is 136 Å². The summed E-state index contributed by atoms with van der Waals surface area (Å²) in [7, 11) is 0. The number of nitrogens with zero attached hydrogens (tertiary/aromatic N) is 3. The van der Waals surface area contributed by atoms with E-state index in [0.717, 1.165) is 12.1 Å². The van der Waals surface area contributed by atoms with E-state index in [9.17, 15) is 13.9 Å². The predicted molar refractivity (Wildman–Crippen MR) is 80.7 cm³/mol. The molecule has 3 aromatic rings. The summed E-state index contributed by atoms with van der Waals surface area (Å²) in [6, 6.07) is 6.61. The Balaban J connectivity index is 1.82. The van der Waals surface area contributed by atoms with Gasteiger partial charge in [0, 0.05) is 18.2 Å². The van der Waals surface area contributed by atoms with Crippen molar-refractivity contribution in [1.29, 1.82) is 0 Å². The highest BCUT2D eigenvalue weighted by atomic mass is 19.1. The maximum atomic E-state index is 14.2. The maximum Gasteiger partial charge on any atom is 0.137 e. The van der Waals surface area contributed by atoms with E-state index in [-0.39, 0.29) is 18.7 Å². The third kappa shape index (κ3) is 3.66. The van der Waals surface area contributed by atoms with E-state index in [4.69, 9.17) is 4.42 Å². The lowest BCUT2D eigenvalue weighted by Crippen LogP contribution is -2.42. The molecular formula is C16H16F2N4O2. The number of aliphatic hydroxyl groups is 1. The fourth-order valence-electron chi connectivity index (χ4n) is 2.49. The molecule has 2 heterocycles. The number of nitrogens with one attached hydrogen (secondary N) is 1. The monoisotopic (exact) mass is 334 g/mol. The van der Waals surface area contributed by atoms with Crippen molar-refractivity contribution < 1.29 is 18.3 Å². The molecule has 24 heavy (non-hydrogen) atoms. The van der Waals surface area contributed by atoms with E-state index < -0.39 is 17.2 Å². The van der Waals surface area contributed by atoms with Gasteiger partial charge < -0.3 is 14.8 Å². The van der Waals surface area contributed by atoms with E-state index in [1.165, 1.54) is 29.7 Å². The van der Waals surface area contributed by atoms with Gasteiger partial charge in [-0.05, 0) is 18.2 Å². The Morgan fingerprint density at radius 3 is 2.83 bits per heavy atom. The van der Waals surface area contributed by atoms with Gasteiger partial charge >= 0.3 is 0 Å². The minimum absolute atomic E-state index is 0.0100. The number of aromatic nitrogens is 3. The summed E-state index contributed by atoms with van der Waals surface area (Å²) < 4.78 is 33.9. The first-order valence-electron chi connectivity index (χ1n) is 7.30. The Hall–Kier alpha value is -2.58. The van der Waals surface area contributed by atoms with Gasteiger partial charge in [-0.15, -0.1) is 0 Å². The van der Waals surface area contributed by atoms with Gasteiger partial charge in [-0.3, -0.25) is 0 Å². The number of hydrogen-bond acceptors (Lipinski definition) is 5. The van der Waals surface area contributed by atoms with Crippen molar-refractivity contribution in [2.24, 2.45) is 0 Å². The molecule has 0 aliphatic rings. The normalized spacial score (nSPS) is 13.8. The molecule has 1 aromatic carbocycles. The fourth-order valence-corrected chi connectivity index (χ4v) is 2.49. The fraction of sp³-hybridized carbons (Fsp3) is 0.250. The van der Waals surface area contributed by atoms with Crippen LogP contribution in [0, 0.1) is 11.6 Å². The average molecular weight is 334 g/mol. The number of rotatable bonds is 7. The maximum absolute atomic E-state index is 14.2. The highest BCUT2D eigenvalue weighted by molar-refractivity contribution is 5.25. The second kappa shape index (κ2) is 6.90. The van der Waals surface area contributed by atoms with Crippen LogP contribution < -0.4 is 5.32 Å². The molecule has 0 radical (unpaired) electrons. The number of halogens is 2. The van der Waals surface area contributed by atoms with Crippen LogP contribution in [0.3, 0.4) is 0 Å². The second-order valence-corrected chi connectivity index (χ2v) is 5.43. The van der Waals surface area contributed by atoms with Crippen LogP contribution in [-0.4, -0.2) is 26.4 Å². The van der Waals surface area contributed by atoms with Crippen molar-refractivity contribution in [3.8, 4) is 0 Å². The Morgan fingerprint density at radius 2 is 2.17 bits per heavy atom. The summed E-state index contributed by atoms with van der Waals surface area (Å²) in [6.45, 7) is 0.326. The average Bonchev–Trinajstić information content (AvgIpc) is 3.20. The van der Waals surface area contributed by atoms with Gasteiger partial charge in [0.05, 0.1) is 19.4 Å². The summed E-state index contributed by atoms with van der Waals surface area (Å²) in [6.07, 6.45) is 4.27. The van der Waals surface area contributed by atoms with Gasteiger partial charge in [0.25, 0.3) is 0 Å². The van der Waals surface area contributed by atoms with Crippen molar-refractivity contribution in [2.45, 2.75) is 18.7 Å². The Bertz CT molecular complexity index is 777. The van der Waals surface area contributed by atoms with Gasteiger partial charge in [0.2, 0.25) is 0 Å². The van der Waals surface area contributed by atoms with Crippen LogP contribution in [0.25, 0.3) is 0 Å². The SMILES string of the molecule is OC(CNCc1ccco1)(Cn1cncn1)c1ccc(F)cc1F. The largest absolute Gasteiger partial charge is 0.468 e. The summed E-state index contributed by atoms with van der Waals surface area (Å²) in [5, 5.41) is 18.0. The van der Waals surface area contributed by atoms with Crippen molar-refractivity contribution >= 4 is 0 Å². The minimum atomic E-state index is -1.64. The topological polar surface area (TPSA) is 76.1 Å². The first kappa shape index (κ1) is 16.3. The van der Waals surface area contributed by atoms with Crippen LogP contribution in [0.5, 0.6) is 0 Å². The third-order valence-corrected chi connectivity index (χ3v) is 3.62. The summed E-state index contributed by atoms with van der Waals surface area (Å²) in [5.41, 5.74) is -1.66. The van der Waals surface area contributed by atoms with Gasteiger partial charge in [0.15, 0.2) is 0 Å². The molecule has 0 amide bonds. The molecule has 1 atom stereocenters. The number of hydrogen-bond donors (Lipinski definition) is 2. The minimum Gasteiger partial charge on any atom is -0.468 e. The molecule has 126 valence electrons. The predicted octanol–water partition coefficient (Wildman–Crippen LogP) is 1.83. The summed E-state index contributed by atoms with van der Waals surface area (Å²) in [5.74, 6) is -0.849. The molecule has 6 nitrogen and oxygen atoms in total. The standard InChI is InChI=1S/C16H16F2N4O2/c17-12-3-4-14(15(18)6-12)16(23,9-22-11-20-10-21-22)8-19-7-13-2-1-5-24-13/h1-6,10-11,19,23H,7-9H2. The van der Waals surface area contributed by atoms with Gasteiger partial charge in [0.1, 0.15) is 35.7 Å². The van der Waals surface area contributed by atoms with E-state index in [0.29, 0.717) is 12.3 Å². The number of furan rings is 1. The molecule has 0 aliphatic carbocycles. The molecule has 0 fully saturated rings.